The summed E-state index contributed by atoms with van der Waals surface area (Å²) in [6.45, 7) is 4.63. The standard InChI is InChI=1S/C17H24ClNO6/c1-5-7-24-15-13(18)9-12(10-14(15)23-4)17(21)25-11(2)16(20)19-6-8-22-3/h9-11H,5-8H2,1-4H3,(H,19,20)/t11-/m0/s1. The lowest BCUT2D eigenvalue weighted by molar-refractivity contribution is -0.129. The maximum Gasteiger partial charge on any atom is 0.339 e. The third-order valence-corrected chi connectivity index (χ3v) is 3.45. The first-order chi connectivity index (χ1) is 11.9. The van der Waals surface area contributed by atoms with Crippen LogP contribution in [-0.4, -0.2) is 52.0 Å². The summed E-state index contributed by atoms with van der Waals surface area (Å²) in [5.74, 6) is -0.402. The van der Waals surface area contributed by atoms with Gasteiger partial charge in [0, 0.05) is 13.7 Å². The van der Waals surface area contributed by atoms with Gasteiger partial charge in [0.25, 0.3) is 5.91 Å². The molecule has 0 aliphatic carbocycles. The van der Waals surface area contributed by atoms with E-state index < -0.39 is 18.0 Å². The van der Waals surface area contributed by atoms with Gasteiger partial charge in [-0.3, -0.25) is 4.79 Å². The van der Waals surface area contributed by atoms with Crippen LogP contribution in [0.25, 0.3) is 0 Å². The van der Waals surface area contributed by atoms with E-state index in [-0.39, 0.29) is 10.6 Å². The summed E-state index contributed by atoms with van der Waals surface area (Å²) < 4.78 is 20.7. The Morgan fingerprint density at radius 1 is 1.24 bits per heavy atom. The lowest BCUT2D eigenvalue weighted by Crippen LogP contribution is -2.37. The fourth-order valence-electron chi connectivity index (χ4n) is 1.88. The largest absolute Gasteiger partial charge is 0.493 e. The highest BCUT2D eigenvalue weighted by Crippen LogP contribution is 2.36. The summed E-state index contributed by atoms with van der Waals surface area (Å²) in [5.41, 5.74) is 0.169. The smallest absolute Gasteiger partial charge is 0.339 e. The Balaban J connectivity index is 2.81. The minimum Gasteiger partial charge on any atom is -0.493 e. The van der Waals surface area contributed by atoms with Crippen molar-refractivity contribution in [2.45, 2.75) is 26.4 Å². The minimum atomic E-state index is -0.954. The first-order valence-electron chi connectivity index (χ1n) is 7.92. The summed E-state index contributed by atoms with van der Waals surface area (Å²) in [7, 11) is 2.98. The average Bonchev–Trinajstić information content (AvgIpc) is 2.59. The number of amides is 1. The first-order valence-corrected chi connectivity index (χ1v) is 8.30. The number of hydrogen-bond donors (Lipinski definition) is 1. The van der Waals surface area contributed by atoms with Crippen molar-refractivity contribution in [2.24, 2.45) is 0 Å². The van der Waals surface area contributed by atoms with Crippen LogP contribution in [0.5, 0.6) is 11.5 Å². The summed E-state index contributed by atoms with van der Waals surface area (Å²) in [6, 6.07) is 2.89. The van der Waals surface area contributed by atoms with Crippen molar-refractivity contribution >= 4 is 23.5 Å². The highest BCUT2D eigenvalue weighted by atomic mass is 35.5. The van der Waals surface area contributed by atoms with E-state index in [1.807, 2.05) is 6.92 Å². The van der Waals surface area contributed by atoms with Gasteiger partial charge in [0.1, 0.15) is 0 Å². The molecule has 0 bridgehead atoms. The second-order valence-corrected chi connectivity index (χ2v) is 5.58. The number of ether oxygens (including phenoxy) is 4. The quantitative estimate of drug-likeness (QED) is 0.501. The van der Waals surface area contributed by atoms with Crippen LogP contribution in [0.2, 0.25) is 5.02 Å². The van der Waals surface area contributed by atoms with Gasteiger partial charge in [-0.25, -0.2) is 4.79 Å². The zero-order chi connectivity index (χ0) is 18.8. The molecule has 8 heteroatoms. The molecule has 0 aliphatic rings. The van der Waals surface area contributed by atoms with Crippen LogP contribution in [0, 0.1) is 0 Å². The Hall–Kier alpha value is -1.99. The van der Waals surface area contributed by atoms with E-state index in [4.69, 9.17) is 30.5 Å². The van der Waals surface area contributed by atoms with Crippen LogP contribution < -0.4 is 14.8 Å². The number of halogens is 1. The Morgan fingerprint density at radius 2 is 1.96 bits per heavy atom. The lowest BCUT2D eigenvalue weighted by Gasteiger charge is -2.16. The van der Waals surface area contributed by atoms with Gasteiger partial charge in [-0.1, -0.05) is 18.5 Å². The second-order valence-electron chi connectivity index (χ2n) is 5.17. The number of benzene rings is 1. The summed E-state index contributed by atoms with van der Waals surface area (Å²) in [6.07, 6.45) is -0.149. The molecule has 0 heterocycles. The van der Waals surface area contributed by atoms with Crippen molar-refractivity contribution in [3.63, 3.8) is 0 Å². The Kier molecular flexibility index (Phi) is 9.08. The van der Waals surface area contributed by atoms with Gasteiger partial charge in [-0.2, -0.15) is 0 Å². The second kappa shape index (κ2) is 10.8. The van der Waals surface area contributed by atoms with Crippen molar-refractivity contribution in [3.8, 4) is 11.5 Å². The number of hydrogen-bond acceptors (Lipinski definition) is 6. The molecule has 0 fully saturated rings. The van der Waals surface area contributed by atoms with Crippen molar-refractivity contribution in [3.05, 3.63) is 22.7 Å². The van der Waals surface area contributed by atoms with Gasteiger partial charge in [-0.15, -0.1) is 0 Å². The molecular formula is C17H24ClNO6. The van der Waals surface area contributed by atoms with E-state index in [9.17, 15) is 9.59 Å². The normalized spacial score (nSPS) is 11.6. The van der Waals surface area contributed by atoms with E-state index in [1.165, 1.54) is 33.3 Å². The molecule has 25 heavy (non-hydrogen) atoms. The Morgan fingerprint density at radius 3 is 2.56 bits per heavy atom. The van der Waals surface area contributed by atoms with Crippen LogP contribution in [0.1, 0.15) is 30.6 Å². The van der Waals surface area contributed by atoms with Gasteiger partial charge >= 0.3 is 5.97 Å². The third kappa shape index (κ3) is 6.43. The molecule has 1 N–H and O–H groups in total. The fourth-order valence-corrected chi connectivity index (χ4v) is 2.15. The van der Waals surface area contributed by atoms with Crippen LogP contribution in [-0.2, 0) is 14.3 Å². The molecular weight excluding hydrogens is 350 g/mol. The van der Waals surface area contributed by atoms with Crippen molar-refractivity contribution in [1.29, 1.82) is 0 Å². The van der Waals surface area contributed by atoms with Gasteiger partial charge < -0.3 is 24.3 Å². The molecule has 7 nitrogen and oxygen atoms in total. The van der Waals surface area contributed by atoms with E-state index in [2.05, 4.69) is 5.32 Å². The highest BCUT2D eigenvalue weighted by molar-refractivity contribution is 6.32. The molecule has 0 unspecified atom stereocenters. The van der Waals surface area contributed by atoms with Crippen molar-refractivity contribution in [1.82, 2.24) is 5.32 Å². The zero-order valence-corrected chi connectivity index (χ0v) is 15.6. The van der Waals surface area contributed by atoms with Crippen LogP contribution in [0.4, 0.5) is 0 Å². The molecule has 1 rings (SSSR count). The molecule has 0 spiro atoms. The summed E-state index contributed by atoms with van der Waals surface area (Å²) in [4.78, 5) is 24.1. The first kappa shape index (κ1) is 21.1. The number of nitrogens with one attached hydrogen (secondary N) is 1. The Bertz CT molecular complexity index is 593. The van der Waals surface area contributed by atoms with E-state index in [0.29, 0.717) is 31.3 Å². The van der Waals surface area contributed by atoms with Gasteiger partial charge in [0.2, 0.25) is 0 Å². The zero-order valence-electron chi connectivity index (χ0n) is 14.9. The lowest BCUT2D eigenvalue weighted by atomic mass is 10.2. The maximum atomic E-state index is 12.3. The summed E-state index contributed by atoms with van der Waals surface area (Å²) >= 11 is 6.17. The molecule has 1 aromatic carbocycles. The minimum absolute atomic E-state index is 0.169. The molecule has 1 aromatic rings. The number of esters is 1. The predicted molar refractivity (Wildman–Crippen MR) is 93.6 cm³/mol. The summed E-state index contributed by atoms with van der Waals surface area (Å²) in [5, 5.41) is 2.83. The number of carbonyl (C=O) groups is 2. The molecule has 0 radical (unpaired) electrons. The SMILES string of the molecule is CCCOc1c(Cl)cc(C(=O)O[C@@H](C)C(=O)NCCOC)cc1OC. The van der Waals surface area contributed by atoms with Gasteiger partial charge in [0.15, 0.2) is 17.6 Å². The van der Waals surface area contributed by atoms with Crippen LogP contribution in [0.3, 0.4) is 0 Å². The molecule has 0 aromatic heterocycles. The van der Waals surface area contributed by atoms with Crippen LogP contribution >= 0.6 is 11.6 Å². The number of methoxy groups -OCH3 is 2. The van der Waals surface area contributed by atoms with Gasteiger partial charge in [-0.05, 0) is 25.5 Å². The highest BCUT2D eigenvalue weighted by Gasteiger charge is 2.21. The Labute approximate surface area is 152 Å². The van der Waals surface area contributed by atoms with E-state index in [1.54, 1.807) is 0 Å². The molecule has 140 valence electrons. The van der Waals surface area contributed by atoms with Crippen molar-refractivity contribution in [2.75, 3.05) is 34.0 Å². The topological polar surface area (TPSA) is 83.1 Å². The molecule has 0 saturated heterocycles. The molecule has 0 saturated carbocycles. The predicted octanol–water partition coefficient (Wildman–Crippen LogP) is 2.45. The maximum absolute atomic E-state index is 12.3. The third-order valence-electron chi connectivity index (χ3n) is 3.17. The number of rotatable bonds is 10. The average molecular weight is 374 g/mol. The number of carbonyl (C=O) groups excluding carboxylic acids is 2. The van der Waals surface area contributed by atoms with Crippen LogP contribution in [0.15, 0.2) is 12.1 Å². The molecule has 1 atom stereocenters. The monoisotopic (exact) mass is 373 g/mol. The fraction of sp³-hybridized carbons (Fsp3) is 0.529. The molecule has 0 aliphatic heterocycles. The van der Waals surface area contributed by atoms with Crippen molar-refractivity contribution < 1.29 is 28.5 Å². The van der Waals surface area contributed by atoms with Gasteiger partial charge in [0.05, 0.1) is 30.9 Å². The van der Waals surface area contributed by atoms with E-state index in [0.717, 1.165) is 6.42 Å². The molecule has 1 amide bonds. The van der Waals surface area contributed by atoms with E-state index >= 15 is 0 Å².